The molecule has 0 unspecified atom stereocenters. The summed E-state index contributed by atoms with van der Waals surface area (Å²) in [5, 5.41) is 13.5. The average molecular weight is 484 g/mol. The lowest BCUT2D eigenvalue weighted by Gasteiger charge is -2.72. The van der Waals surface area contributed by atoms with Crippen molar-refractivity contribution in [3.05, 3.63) is 12.2 Å². The Morgan fingerprint density at radius 3 is 2.29 bits per heavy atom. The molecule has 0 spiro atoms. The molecule has 9 atom stereocenters. The topological polar surface area (TPSA) is 58.9 Å². The average Bonchev–Trinajstić information content (AvgIpc) is 3.20. The lowest BCUT2D eigenvalue weighted by Crippen LogP contribution is -2.66. The number of nitrogens with zero attached hydrogens (tertiary/aromatic N) is 1. The Morgan fingerprint density at radius 2 is 1.66 bits per heavy atom. The van der Waals surface area contributed by atoms with Crippen LogP contribution in [0.2, 0.25) is 0 Å². The Labute approximate surface area is 213 Å². The first-order chi connectivity index (χ1) is 16.3. The van der Waals surface area contributed by atoms with Gasteiger partial charge < -0.3 is 9.94 Å². The third-order valence-corrected chi connectivity index (χ3v) is 13.6. The minimum Gasteiger partial charge on any atom is -0.469 e. The monoisotopic (exact) mass is 483 g/mol. The van der Waals surface area contributed by atoms with Crippen molar-refractivity contribution >= 4 is 11.7 Å². The van der Waals surface area contributed by atoms with Gasteiger partial charge in [0.15, 0.2) is 0 Å². The molecule has 5 rings (SSSR count). The summed E-state index contributed by atoms with van der Waals surface area (Å²) in [7, 11) is 1.59. The number of oxime groups is 1. The number of ether oxygens (including phenoxy) is 1. The van der Waals surface area contributed by atoms with Crippen LogP contribution in [0.15, 0.2) is 17.3 Å². The van der Waals surface area contributed by atoms with Crippen molar-refractivity contribution in [2.24, 2.45) is 61.8 Å². The third kappa shape index (κ3) is 2.98. The van der Waals surface area contributed by atoms with Crippen molar-refractivity contribution in [2.75, 3.05) is 7.11 Å². The standard InChI is InChI=1S/C31H49NO3/c1-19(2)20-11-16-31(26(33)35-8)18-17-29(6)21(25(20)31)9-10-23-28(5)14-13-24(32-34)27(3,4)22(28)12-15-30(23,29)7/h20-23,25,34H,1,9-18H2,2-8H3/b32-24+/t20-,21+,22-,23+,25+,28-,29+,30+,31-/m0/s1. The molecule has 5 fully saturated rings. The summed E-state index contributed by atoms with van der Waals surface area (Å²) in [5.41, 5.74) is 2.64. The number of carbonyl (C=O) groups excluding carboxylic acids is 1. The summed E-state index contributed by atoms with van der Waals surface area (Å²) in [6, 6.07) is 0. The van der Waals surface area contributed by atoms with Crippen LogP contribution in [0.3, 0.4) is 0 Å². The van der Waals surface area contributed by atoms with Crippen LogP contribution in [0.25, 0.3) is 0 Å². The minimum absolute atomic E-state index is 0.0427. The van der Waals surface area contributed by atoms with E-state index in [1.54, 1.807) is 7.11 Å². The van der Waals surface area contributed by atoms with Crippen LogP contribution in [0.1, 0.15) is 106 Å². The van der Waals surface area contributed by atoms with Gasteiger partial charge in [-0.15, -0.1) is 0 Å². The summed E-state index contributed by atoms with van der Waals surface area (Å²) < 4.78 is 5.50. The first-order valence-corrected chi connectivity index (χ1v) is 14.3. The number of rotatable bonds is 2. The molecule has 0 aromatic rings. The number of methoxy groups -OCH3 is 1. The molecule has 5 aliphatic carbocycles. The van der Waals surface area contributed by atoms with Gasteiger partial charge >= 0.3 is 5.97 Å². The second-order valence-electron chi connectivity index (χ2n) is 14.6. The van der Waals surface area contributed by atoms with E-state index in [0.29, 0.717) is 29.6 Å². The molecule has 0 bridgehead atoms. The number of carbonyl (C=O) groups is 1. The lowest BCUT2D eigenvalue weighted by atomic mass is 9.32. The molecule has 0 aliphatic heterocycles. The maximum atomic E-state index is 13.4. The highest BCUT2D eigenvalue weighted by Gasteiger charge is 2.72. The SMILES string of the molecule is C=C(C)[C@@H]1CC[C@]2(C(=O)OC)CC[C@]3(C)[C@H](CC[C@@H]4[C@@]5(C)CC/C(=N\O)C(C)(C)[C@@H]5CC[C@]43C)[C@@H]12. The summed E-state index contributed by atoms with van der Waals surface area (Å²) >= 11 is 0. The first kappa shape index (κ1) is 25.3. The van der Waals surface area contributed by atoms with Crippen LogP contribution >= 0.6 is 0 Å². The smallest absolute Gasteiger partial charge is 0.312 e. The van der Waals surface area contributed by atoms with E-state index >= 15 is 0 Å². The summed E-state index contributed by atoms with van der Waals surface area (Å²) in [6.45, 7) is 19.1. The molecule has 0 saturated heterocycles. The molecule has 35 heavy (non-hydrogen) atoms. The fourth-order valence-electron chi connectivity index (χ4n) is 11.7. The summed E-state index contributed by atoms with van der Waals surface area (Å²) in [5.74, 6) is 2.62. The van der Waals surface area contributed by atoms with Crippen LogP contribution in [0.4, 0.5) is 0 Å². The van der Waals surface area contributed by atoms with Crippen molar-refractivity contribution < 1.29 is 14.7 Å². The van der Waals surface area contributed by atoms with Crippen LogP contribution in [-0.2, 0) is 9.53 Å². The van der Waals surface area contributed by atoms with E-state index in [0.717, 1.165) is 44.2 Å². The summed E-state index contributed by atoms with van der Waals surface area (Å²) in [6.07, 6.45) is 11.1. The van der Waals surface area contributed by atoms with Crippen molar-refractivity contribution in [1.29, 1.82) is 0 Å². The predicted octanol–water partition coefficient (Wildman–Crippen LogP) is 7.65. The van der Waals surface area contributed by atoms with E-state index in [-0.39, 0.29) is 33.0 Å². The van der Waals surface area contributed by atoms with E-state index in [2.05, 4.69) is 53.3 Å². The number of hydrogen-bond donors (Lipinski definition) is 1. The van der Waals surface area contributed by atoms with Crippen LogP contribution in [-0.4, -0.2) is 24.0 Å². The molecular formula is C31H49NO3. The fourth-order valence-corrected chi connectivity index (χ4v) is 11.7. The van der Waals surface area contributed by atoms with Crippen molar-refractivity contribution in [2.45, 2.75) is 106 Å². The Hall–Kier alpha value is -1.32. The fraction of sp³-hybridized carbons (Fsp3) is 0.871. The van der Waals surface area contributed by atoms with Gasteiger partial charge in [0, 0.05) is 5.41 Å². The summed E-state index contributed by atoms with van der Waals surface area (Å²) in [4.78, 5) is 13.4. The molecule has 0 heterocycles. The molecule has 5 saturated carbocycles. The maximum absolute atomic E-state index is 13.4. The molecule has 0 radical (unpaired) electrons. The zero-order chi connectivity index (χ0) is 25.6. The van der Waals surface area contributed by atoms with E-state index in [4.69, 9.17) is 4.74 Å². The largest absolute Gasteiger partial charge is 0.469 e. The van der Waals surface area contributed by atoms with Gasteiger partial charge in [0.05, 0.1) is 18.2 Å². The van der Waals surface area contributed by atoms with Gasteiger partial charge in [-0.3, -0.25) is 4.79 Å². The molecule has 5 aliphatic rings. The Morgan fingerprint density at radius 1 is 0.943 bits per heavy atom. The van der Waals surface area contributed by atoms with Gasteiger partial charge in [-0.1, -0.05) is 51.9 Å². The van der Waals surface area contributed by atoms with Crippen LogP contribution in [0.5, 0.6) is 0 Å². The highest BCUT2D eigenvalue weighted by Crippen LogP contribution is 2.77. The van der Waals surface area contributed by atoms with Gasteiger partial charge in [0.25, 0.3) is 0 Å². The number of fused-ring (bicyclic) bond motifs is 7. The Kier molecular flexibility index (Phi) is 5.67. The first-order valence-electron chi connectivity index (χ1n) is 14.3. The molecule has 4 nitrogen and oxygen atoms in total. The van der Waals surface area contributed by atoms with Crippen molar-refractivity contribution in [3.63, 3.8) is 0 Å². The predicted molar refractivity (Wildman–Crippen MR) is 140 cm³/mol. The number of allylic oxidation sites excluding steroid dienone is 1. The minimum atomic E-state index is -0.313. The van der Waals surface area contributed by atoms with E-state index in [9.17, 15) is 10.0 Å². The molecule has 0 aromatic heterocycles. The quantitative estimate of drug-likeness (QED) is 0.190. The molecule has 0 aromatic carbocycles. The maximum Gasteiger partial charge on any atom is 0.312 e. The van der Waals surface area contributed by atoms with Crippen molar-refractivity contribution in [3.8, 4) is 0 Å². The van der Waals surface area contributed by atoms with Gasteiger partial charge in [0.1, 0.15) is 0 Å². The second kappa shape index (κ2) is 7.84. The molecule has 196 valence electrons. The lowest BCUT2D eigenvalue weighted by molar-refractivity contribution is -0.230. The second-order valence-corrected chi connectivity index (χ2v) is 14.6. The Bertz CT molecular complexity index is 953. The van der Waals surface area contributed by atoms with Gasteiger partial charge in [-0.25, -0.2) is 0 Å². The van der Waals surface area contributed by atoms with E-state index < -0.39 is 0 Å². The molecule has 4 heteroatoms. The van der Waals surface area contributed by atoms with E-state index in [1.165, 1.54) is 31.3 Å². The van der Waals surface area contributed by atoms with Crippen molar-refractivity contribution in [1.82, 2.24) is 0 Å². The van der Waals surface area contributed by atoms with E-state index in [1.807, 2.05) is 0 Å². The number of esters is 1. The van der Waals surface area contributed by atoms with Gasteiger partial charge in [0.2, 0.25) is 0 Å². The zero-order valence-corrected chi connectivity index (χ0v) is 23.4. The highest BCUT2D eigenvalue weighted by atomic mass is 16.5. The molecule has 1 N–H and O–H groups in total. The molecular weight excluding hydrogens is 434 g/mol. The van der Waals surface area contributed by atoms with Gasteiger partial charge in [-0.2, -0.15) is 0 Å². The zero-order valence-electron chi connectivity index (χ0n) is 23.4. The third-order valence-electron chi connectivity index (χ3n) is 13.6. The van der Waals surface area contributed by atoms with Gasteiger partial charge in [-0.05, 0) is 117 Å². The molecule has 0 amide bonds. The Balaban J connectivity index is 1.56. The van der Waals surface area contributed by atoms with Crippen LogP contribution in [0, 0.1) is 56.7 Å². The van der Waals surface area contributed by atoms with Crippen LogP contribution < -0.4 is 0 Å². The normalized spacial score (nSPS) is 51.5. The number of hydrogen-bond acceptors (Lipinski definition) is 4. The highest BCUT2D eigenvalue weighted by molar-refractivity contribution is 5.90.